The Kier molecular flexibility index (Phi) is 6.21. The quantitative estimate of drug-likeness (QED) is 0.463. The number of nitrogens with one attached hydrogen (secondary N) is 1. The molecule has 4 aromatic rings. The molecule has 0 aliphatic heterocycles. The van der Waals surface area contributed by atoms with Crippen LogP contribution in [-0.2, 0) is 29.2 Å². The average molecular weight is 432 g/mol. The van der Waals surface area contributed by atoms with Gasteiger partial charge in [-0.05, 0) is 43.3 Å². The number of para-hydroxylation sites is 3. The maximum Gasteiger partial charge on any atom is 0.329 e. The largest absolute Gasteiger partial charge is 0.467 e. The van der Waals surface area contributed by atoms with Gasteiger partial charge in [0.15, 0.2) is 0 Å². The lowest BCUT2D eigenvalue weighted by Crippen LogP contribution is -2.40. The van der Waals surface area contributed by atoms with Crippen molar-refractivity contribution in [1.29, 1.82) is 0 Å². The molecule has 8 nitrogen and oxygen atoms in total. The second-order valence-corrected chi connectivity index (χ2v) is 7.35. The molecule has 2 heterocycles. The second kappa shape index (κ2) is 9.38. The summed E-state index contributed by atoms with van der Waals surface area (Å²) in [4.78, 5) is 40.2. The molecule has 2 aromatic heterocycles. The maximum atomic E-state index is 13.3. The molecule has 0 atom stereocenters. The van der Waals surface area contributed by atoms with E-state index in [-0.39, 0.29) is 37.1 Å². The number of furan rings is 1. The molecule has 0 spiro atoms. The van der Waals surface area contributed by atoms with E-state index in [1.807, 2.05) is 49.4 Å². The first-order valence-electron chi connectivity index (χ1n) is 10.4. The normalized spacial score (nSPS) is 10.9. The van der Waals surface area contributed by atoms with Gasteiger partial charge in [0.2, 0.25) is 11.8 Å². The number of anilines is 1. The fraction of sp³-hybridized carbons (Fsp3) is 0.208. The van der Waals surface area contributed by atoms with Gasteiger partial charge >= 0.3 is 5.69 Å². The molecule has 0 fully saturated rings. The molecular formula is C24H24N4O4. The molecule has 0 saturated carbocycles. The van der Waals surface area contributed by atoms with Crippen LogP contribution in [0.3, 0.4) is 0 Å². The Morgan fingerprint density at radius 1 is 0.938 bits per heavy atom. The Balaban J connectivity index is 1.58. The minimum Gasteiger partial charge on any atom is -0.467 e. The lowest BCUT2D eigenvalue weighted by molar-refractivity contribution is -0.136. The van der Waals surface area contributed by atoms with Gasteiger partial charge in [-0.1, -0.05) is 30.3 Å². The minimum atomic E-state index is -0.356. The molecule has 164 valence electrons. The Hall–Kier alpha value is -4.07. The number of amides is 2. The third-order valence-corrected chi connectivity index (χ3v) is 5.21. The molecule has 2 aromatic carbocycles. The van der Waals surface area contributed by atoms with Crippen LogP contribution in [0.15, 0.2) is 82.2 Å². The predicted octanol–water partition coefficient (Wildman–Crippen LogP) is 3.08. The number of hydrogen-bond donors (Lipinski definition) is 1. The summed E-state index contributed by atoms with van der Waals surface area (Å²) in [5.74, 6) is -0.139. The first kappa shape index (κ1) is 21.2. The number of nitrogens with zero attached hydrogens (tertiary/aromatic N) is 3. The number of aryl methyl sites for hydroxylation is 1. The van der Waals surface area contributed by atoms with Crippen LogP contribution in [0.5, 0.6) is 0 Å². The van der Waals surface area contributed by atoms with Crippen LogP contribution >= 0.6 is 0 Å². The van der Waals surface area contributed by atoms with Crippen molar-refractivity contribution < 1.29 is 14.0 Å². The van der Waals surface area contributed by atoms with Crippen LogP contribution < -0.4 is 11.0 Å². The number of benzene rings is 2. The molecule has 0 bridgehead atoms. The van der Waals surface area contributed by atoms with Crippen molar-refractivity contribution in [3.63, 3.8) is 0 Å². The number of imidazole rings is 1. The van der Waals surface area contributed by atoms with Crippen molar-refractivity contribution in [3.8, 4) is 0 Å². The van der Waals surface area contributed by atoms with E-state index in [1.165, 1.54) is 15.7 Å². The van der Waals surface area contributed by atoms with Gasteiger partial charge < -0.3 is 14.6 Å². The van der Waals surface area contributed by atoms with E-state index in [1.54, 1.807) is 28.8 Å². The summed E-state index contributed by atoms with van der Waals surface area (Å²) in [7, 11) is 0. The van der Waals surface area contributed by atoms with Crippen LogP contribution in [0.1, 0.15) is 12.7 Å². The van der Waals surface area contributed by atoms with Gasteiger partial charge in [0.05, 0.1) is 23.8 Å². The molecule has 0 aliphatic rings. The molecule has 2 amide bonds. The molecule has 32 heavy (non-hydrogen) atoms. The Morgan fingerprint density at radius 3 is 2.28 bits per heavy atom. The number of hydrogen-bond acceptors (Lipinski definition) is 4. The number of carbonyl (C=O) groups excluding carboxylic acids is 2. The summed E-state index contributed by atoms with van der Waals surface area (Å²) in [6, 6.07) is 19.9. The lowest BCUT2D eigenvalue weighted by atomic mass is 10.3. The highest BCUT2D eigenvalue weighted by atomic mass is 16.3. The molecule has 4 rings (SSSR count). The van der Waals surface area contributed by atoms with Crippen LogP contribution in [0, 0.1) is 0 Å². The fourth-order valence-electron chi connectivity index (χ4n) is 3.68. The van der Waals surface area contributed by atoms with E-state index in [0.29, 0.717) is 23.5 Å². The minimum absolute atomic E-state index is 0.120. The highest BCUT2D eigenvalue weighted by molar-refractivity contribution is 5.94. The van der Waals surface area contributed by atoms with Crippen LogP contribution in [0.4, 0.5) is 5.69 Å². The zero-order chi connectivity index (χ0) is 22.5. The Morgan fingerprint density at radius 2 is 1.62 bits per heavy atom. The van der Waals surface area contributed by atoms with Gasteiger partial charge in [0.1, 0.15) is 18.8 Å². The second-order valence-electron chi connectivity index (χ2n) is 7.35. The monoisotopic (exact) mass is 432 g/mol. The van der Waals surface area contributed by atoms with Gasteiger partial charge in [0.25, 0.3) is 0 Å². The van der Waals surface area contributed by atoms with Crippen LogP contribution in [0.2, 0.25) is 0 Å². The molecule has 1 N–H and O–H groups in total. The summed E-state index contributed by atoms with van der Waals surface area (Å²) < 4.78 is 8.46. The van der Waals surface area contributed by atoms with Crippen molar-refractivity contribution in [2.45, 2.75) is 26.6 Å². The van der Waals surface area contributed by atoms with E-state index in [2.05, 4.69) is 5.32 Å². The summed E-state index contributed by atoms with van der Waals surface area (Å²) in [6.07, 6.45) is 1.52. The zero-order valence-electron chi connectivity index (χ0n) is 17.7. The smallest absolute Gasteiger partial charge is 0.329 e. The Labute approximate surface area is 184 Å². The van der Waals surface area contributed by atoms with Gasteiger partial charge in [-0.3, -0.25) is 18.7 Å². The number of aromatic nitrogens is 2. The van der Waals surface area contributed by atoms with E-state index in [4.69, 9.17) is 4.42 Å². The fourth-order valence-corrected chi connectivity index (χ4v) is 3.68. The molecule has 0 radical (unpaired) electrons. The topological polar surface area (TPSA) is 89.5 Å². The van der Waals surface area contributed by atoms with E-state index < -0.39 is 0 Å². The first-order valence-corrected chi connectivity index (χ1v) is 10.4. The van der Waals surface area contributed by atoms with Gasteiger partial charge in [0, 0.05) is 12.2 Å². The van der Waals surface area contributed by atoms with E-state index >= 15 is 0 Å². The first-order chi connectivity index (χ1) is 15.6. The van der Waals surface area contributed by atoms with Gasteiger partial charge in [-0.2, -0.15) is 0 Å². The van der Waals surface area contributed by atoms with Gasteiger partial charge in [-0.15, -0.1) is 0 Å². The van der Waals surface area contributed by atoms with Crippen molar-refractivity contribution >= 4 is 28.5 Å². The summed E-state index contributed by atoms with van der Waals surface area (Å²) in [5, 5.41) is 2.79. The summed E-state index contributed by atoms with van der Waals surface area (Å²) in [6.45, 7) is 2.16. The molecule has 0 saturated heterocycles. The molecule has 0 unspecified atom stereocenters. The van der Waals surface area contributed by atoms with Crippen molar-refractivity contribution in [1.82, 2.24) is 14.0 Å². The third-order valence-electron chi connectivity index (χ3n) is 5.21. The number of rotatable bonds is 8. The average Bonchev–Trinajstić information content (AvgIpc) is 3.40. The number of carbonyl (C=O) groups is 2. The molecular weight excluding hydrogens is 408 g/mol. The standard InChI is InChI=1S/C24H24N4O4/c1-2-27-20-12-6-7-13-21(20)28(24(27)31)17-23(30)26(15-19-11-8-14-32-19)16-22(29)25-18-9-4-3-5-10-18/h3-14H,2,15-17H2,1H3,(H,25,29). The van der Waals surface area contributed by atoms with Crippen molar-refractivity contribution in [3.05, 3.63) is 89.2 Å². The molecule has 0 aliphatic carbocycles. The highest BCUT2D eigenvalue weighted by Gasteiger charge is 2.22. The summed E-state index contributed by atoms with van der Waals surface area (Å²) >= 11 is 0. The number of fused-ring (bicyclic) bond motifs is 1. The summed E-state index contributed by atoms with van der Waals surface area (Å²) in [5.41, 5.74) is 1.84. The highest BCUT2D eigenvalue weighted by Crippen LogP contribution is 2.14. The lowest BCUT2D eigenvalue weighted by Gasteiger charge is -2.21. The zero-order valence-corrected chi connectivity index (χ0v) is 17.7. The SMILES string of the molecule is CCn1c(=O)n(CC(=O)N(CC(=O)Nc2ccccc2)Cc2ccco2)c2ccccc21. The Bertz CT molecular complexity index is 1270. The maximum absolute atomic E-state index is 13.3. The van der Waals surface area contributed by atoms with Crippen LogP contribution in [0.25, 0.3) is 11.0 Å². The van der Waals surface area contributed by atoms with Gasteiger partial charge in [-0.25, -0.2) is 4.79 Å². The third kappa shape index (κ3) is 4.49. The predicted molar refractivity (Wildman–Crippen MR) is 121 cm³/mol. The van der Waals surface area contributed by atoms with E-state index in [0.717, 1.165) is 5.52 Å². The molecule has 8 heteroatoms. The van der Waals surface area contributed by atoms with Crippen molar-refractivity contribution in [2.75, 3.05) is 11.9 Å². The van der Waals surface area contributed by atoms with Crippen LogP contribution in [-0.4, -0.2) is 32.4 Å². The van der Waals surface area contributed by atoms with E-state index in [9.17, 15) is 14.4 Å². The van der Waals surface area contributed by atoms with Crippen molar-refractivity contribution in [2.24, 2.45) is 0 Å².